The Morgan fingerprint density at radius 2 is 2.00 bits per heavy atom. The standard InChI is InChI=1S/C12H14O3/c1-8-10-9(7-14-8)12(15-11(10)13)5-3-2-4-6-12/h7H,2-6H2,1H3. The van der Waals surface area contributed by atoms with Gasteiger partial charge in [0.1, 0.15) is 16.9 Å². The zero-order valence-electron chi connectivity index (χ0n) is 8.84. The van der Waals surface area contributed by atoms with Gasteiger partial charge in [-0.05, 0) is 32.6 Å². The van der Waals surface area contributed by atoms with E-state index in [9.17, 15) is 4.79 Å². The summed E-state index contributed by atoms with van der Waals surface area (Å²) in [5.41, 5.74) is 1.32. The summed E-state index contributed by atoms with van der Waals surface area (Å²) in [4.78, 5) is 11.7. The van der Waals surface area contributed by atoms with E-state index in [2.05, 4.69) is 0 Å². The lowest BCUT2D eigenvalue weighted by Gasteiger charge is -2.31. The topological polar surface area (TPSA) is 39.4 Å². The second-order valence-electron chi connectivity index (χ2n) is 4.53. The Kier molecular flexibility index (Phi) is 1.73. The van der Waals surface area contributed by atoms with Crippen molar-refractivity contribution in [3.63, 3.8) is 0 Å². The van der Waals surface area contributed by atoms with Gasteiger partial charge in [-0.15, -0.1) is 0 Å². The summed E-state index contributed by atoms with van der Waals surface area (Å²) < 4.78 is 10.9. The Morgan fingerprint density at radius 1 is 1.27 bits per heavy atom. The largest absolute Gasteiger partial charge is 0.468 e. The molecule has 1 aliphatic heterocycles. The van der Waals surface area contributed by atoms with E-state index in [-0.39, 0.29) is 11.6 Å². The van der Waals surface area contributed by atoms with Gasteiger partial charge in [-0.25, -0.2) is 4.79 Å². The Hall–Kier alpha value is -1.25. The maximum absolute atomic E-state index is 11.7. The van der Waals surface area contributed by atoms with Crippen LogP contribution in [0.15, 0.2) is 10.7 Å². The lowest BCUT2D eigenvalue weighted by atomic mass is 9.80. The van der Waals surface area contributed by atoms with E-state index in [0.717, 1.165) is 31.2 Å². The van der Waals surface area contributed by atoms with Gasteiger partial charge in [-0.1, -0.05) is 6.42 Å². The summed E-state index contributed by atoms with van der Waals surface area (Å²) in [5, 5.41) is 0. The van der Waals surface area contributed by atoms with Crippen LogP contribution in [-0.4, -0.2) is 5.97 Å². The molecular weight excluding hydrogens is 192 g/mol. The fourth-order valence-electron chi connectivity index (χ4n) is 2.82. The van der Waals surface area contributed by atoms with Gasteiger partial charge in [0.2, 0.25) is 0 Å². The summed E-state index contributed by atoms with van der Waals surface area (Å²) in [7, 11) is 0. The lowest BCUT2D eigenvalue weighted by Crippen LogP contribution is -2.28. The Morgan fingerprint density at radius 3 is 2.73 bits per heavy atom. The monoisotopic (exact) mass is 206 g/mol. The Balaban J connectivity index is 2.10. The van der Waals surface area contributed by atoms with E-state index in [0.29, 0.717) is 11.3 Å². The van der Waals surface area contributed by atoms with Gasteiger partial charge in [0.25, 0.3) is 0 Å². The van der Waals surface area contributed by atoms with Gasteiger partial charge in [0.15, 0.2) is 0 Å². The van der Waals surface area contributed by atoms with Crippen LogP contribution in [0.5, 0.6) is 0 Å². The fourth-order valence-corrected chi connectivity index (χ4v) is 2.82. The molecule has 1 aromatic heterocycles. The zero-order chi connectivity index (χ0) is 10.5. The number of rotatable bonds is 0. The van der Waals surface area contributed by atoms with Crippen molar-refractivity contribution in [2.75, 3.05) is 0 Å². The molecule has 0 bridgehead atoms. The number of ether oxygens (including phenoxy) is 1. The minimum absolute atomic E-state index is 0.196. The molecule has 0 unspecified atom stereocenters. The molecular formula is C12H14O3. The van der Waals surface area contributed by atoms with Gasteiger partial charge in [-0.2, -0.15) is 0 Å². The number of fused-ring (bicyclic) bond motifs is 2. The maximum atomic E-state index is 11.7. The van der Waals surface area contributed by atoms with Crippen molar-refractivity contribution in [3.05, 3.63) is 23.2 Å². The van der Waals surface area contributed by atoms with E-state index in [1.54, 1.807) is 6.26 Å². The molecule has 1 fully saturated rings. The fraction of sp³-hybridized carbons (Fsp3) is 0.583. The first-order valence-electron chi connectivity index (χ1n) is 5.55. The summed E-state index contributed by atoms with van der Waals surface area (Å²) >= 11 is 0. The van der Waals surface area contributed by atoms with Crippen molar-refractivity contribution in [2.45, 2.75) is 44.6 Å². The molecule has 2 aliphatic rings. The molecule has 0 amide bonds. The number of hydrogen-bond donors (Lipinski definition) is 0. The Bertz CT molecular complexity index is 411. The summed E-state index contributed by atoms with van der Waals surface area (Å²) in [5.74, 6) is 0.496. The first-order chi connectivity index (χ1) is 7.23. The van der Waals surface area contributed by atoms with Crippen LogP contribution in [0.2, 0.25) is 0 Å². The second kappa shape index (κ2) is 2.87. The number of aryl methyl sites for hydroxylation is 1. The molecule has 80 valence electrons. The van der Waals surface area contributed by atoms with Gasteiger partial charge in [0, 0.05) is 5.56 Å². The molecule has 0 aromatic carbocycles. The van der Waals surface area contributed by atoms with Crippen LogP contribution in [0.1, 0.15) is 53.8 Å². The summed E-state index contributed by atoms with van der Waals surface area (Å²) in [6, 6.07) is 0. The average Bonchev–Trinajstić information content (AvgIpc) is 2.72. The van der Waals surface area contributed by atoms with Crippen molar-refractivity contribution in [3.8, 4) is 0 Å². The molecule has 3 rings (SSSR count). The molecule has 1 aliphatic carbocycles. The number of carbonyl (C=O) groups excluding carboxylic acids is 1. The van der Waals surface area contributed by atoms with E-state index in [4.69, 9.17) is 9.15 Å². The minimum atomic E-state index is -0.345. The highest BCUT2D eigenvalue weighted by molar-refractivity contribution is 5.95. The quantitative estimate of drug-likeness (QED) is 0.613. The predicted molar refractivity (Wildman–Crippen MR) is 53.6 cm³/mol. The van der Waals surface area contributed by atoms with Crippen molar-refractivity contribution >= 4 is 5.97 Å². The first kappa shape index (κ1) is 9.01. The highest BCUT2D eigenvalue weighted by Crippen LogP contribution is 2.47. The van der Waals surface area contributed by atoms with Crippen LogP contribution in [0.25, 0.3) is 0 Å². The molecule has 1 saturated carbocycles. The van der Waals surface area contributed by atoms with Crippen LogP contribution in [0.4, 0.5) is 0 Å². The molecule has 3 nitrogen and oxygen atoms in total. The van der Waals surface area contributed by atoms with Crippen molar-refractivity contribution < 1.29 is 13.9 Å². The molecule has 1 spiro atoms. The van der Waals surface area contributed by atoms with Crippen LogP contribution < -0.4 is 0 Å². The van der Waals surface area contributed by atoms with E-state index in [1.807, 2.05) is 6.92 Å². The number of esters is 1. The highest BCUT2D eigenvalue weighted by Gasteiger charge is 2.48. The lowest BCUT2D eigenvalue weighted by molar-refractivity contribution is -0.0291. The molecule has 0 N–H and O–H groups in total. The highest BCUT2D eigenvalue weighted by atomic mass is 16.6. The maximum Gasteiger partial charge on any atom is 0.343 e. The van der Waals surface area contributed by atoms with Gasteiger partial charge < -0.3 is 9.15 Å². The van der Waals surface area contributed by atoms with Crippen LogP contribution in [0.3, 0.4) is 0 Å². The van der Waals surface area contributed by atoms with Crippen LogP contribution >= 0.6 is 0 Å². The summed E-state index contributed by atoms with van der Waals surface area (Å²) in [6.45, 7) is 1.82. The van der Waals surface area contributed by atoms with Crippen molar-refractivity contribution in [1.82, 2.24) is 0 Å². The number of hydrogen-bond acceptors (Lipinski definition) is 3. The minimum Gasteiger partial charge on any atom is -0.468 e. The molecule has 0 saturated heterocycles. The van der Waals surface area contributed by atoms with Crippen molar-refractivity contribution in [1.29, 1.82) is 0 Å². The number of carbonyl (C=O) groups is 1. The smallest absolute Gasteiger partial charge is 0.343 e. The van der Waals surface area contributed by atoms with E-state index in [1.165, 1.54) is 6.42 Å². The third-order valence-electron chi connectivity index (χ3n) is 3.62. The van der Waals surface area contributed by atoms with E-state index >= 15 is 0 Å². The van der Waals surface area contributed by atoms with E-state index < -0.39 is 0 Å². The van der Waals surface area contributed by atoms with Crippen LogP contribution in [-0.2, 0) is 10.3 Å². The molecule has 1 aromatic rings. The van der Waals surface area contributed by atoms with Crippen molar-refractivity contribution in [2.24, 2.45) is 0 Å². The first-order valence-corrected chi connectivity index (χ1v) is 5.55. The van der Waals surface area contributed by atoms with Gasteiger partial charge in [0.05, 0.1) is 6.26 Å². The van der Waals surface area contributed by atoms with Gasteiger partial charge >= 0.3 is 5.97 Å². The SMILES string of the molecule is Cc1occ2c1C(=O)OC21CCCCC1. The van der Waals surface area contributed by atoms with Gasteiger partial charge in [-0.3, -0.25) is 0 Å². The third-order valence-corrected chi connectivity index (χ3v) is 3.62. The summed E-state index contributed by atoms with van der Waals surface area (Å²) in [6.07, 6.45) is 7.12. The molecule has 15 heavy (non-hydrogen) atoms. The molecule has 2 heterocycles. The number of furan rings is 1. The predicted octanol–water partition coefficient (Wildman–Crippen LogP) is 2.92. The third kappa shape index (κ3) is 1.09. The zero-order valence-corrected chi connectivity index (χ0v) is 8.84. The van der Waals surface area contributed by atoms with Crippen LogP contribution in [0, 0.1) is 6.92 Å². The second-order valence-corrected chi connectivity index (χ2v) is 4.53. The molecule has 0 radical (unpaired) electrons. The normalized spacial score (nSPS) is 22.9. The Labute approximate surface area is 88.4 Å². The molecule has 3 heteroatoms. The average molecular weight is 206 g/mol. The molecule has 0 atom stereocenters.